The monoisotopic (exact) mass is 303 g/mol. The van der Waals surface area contributed by atoms with Crippen molar-refractivity contribution >= 4 is 16.8 Å². The molecule has 0 saturated carbocycles. The van der Waals surface area contributed by atoms with Gasteiger partial charge < -0.3 is 15.2 Å². The summed E-state index contributed by atoms with van der Waals surface area (Å²) in [5, 5.41) is 3.72. The summed E-state index contributed by atoms with van der Waals surface area (Å²) in [5.41, 5.74) is 0.585. The number of nitrogens with one attached hydrogen (secondary N) is 2. The zero-order valence-corrected chi connectivity index (χ0v) is 12.6. The topological polar surface area (TPSA) is 65.2 Å². The molecule has 0 unspecified atom stereocenters. The molecular formula is C16H18FN3O2. The molecule has 1 aliphatic heterocycles. The summed E-state index contributed by atoms with van der Waals surface area (Å²) in [4.78, 5) is 28.7. The minimum atomic E-state index is -0.518. The van der Waals surface area contributed by atoms with Crippen molar-refractivity contribution in [2.75, 3.05) is 19.6 Å². The van der Waals surface area contributed by atoms with Crippen molar-refractivity contribution < 1.29 is 9.18 Å². The predicted octanol–water partition coefficient (Wildman–Crippen LogP) is 1.41. The zero-order chi connectivity index (χ0) is 15.9. The van der Waals surface area contributed by atoms with E-state index in [-0.39, 0.29) is 23.0 Å². The van der Waals surface area contributed by atoms with Gasteiger partial charge in [0.05, 0.1) is 11.1 Å². The van der Waals surface area contributed by atoms with Crippen molar-refractivity contribution in [2.24, 2.45) is 0 Å². The van der Waals surface area contributed by atoms with Crippen LogP contribution in [0, 0.1) is 12.7 Å². The first-order chi connectivity index (χ1) is 10.5. The van der Waals surface area contributed by atoms with Crippen molar-refractivity contribution in [3.63, 3.8) is 0 Å². The number of hydrogen-bond acceptors (Lipinski definition) is 3. The summed E-state index contributed by atoms with van der Waals surface area (Å²) in [6, 6.07) is 4.53. The summed E-state index contributed by atoms with van der Waals surface area (Å²) < 4.78 is 14.1. The maximum atomic E-state index is 14.1. The number of carbonyl (C=O) groups excluding carboxylic acids is 1. The average Bonchev–Trinajstić information content (AvgIpc) is 2.47. The van der Waals surface area contributed by atoms with Gasteiger partial charge in [-0.3, -0.25) is 9.59 Å². The van der Waals surface area contributed by atoms with Gasteiger partial charge in [-0.2, -0.15) is 0 Å². The molecule has 1 atom stereocenters. The van der Waals surface area contributed by atoms with Gasteiger partial charge in [-0.1, -0.05) is 0 Å². The number of aryl methyl sites for hydroxylation is 1. The van der Waals surface area contributed by atoms with E-state index in [9.17, 15) is 14.0 Å². The molecule has 2 heterocycles. The van der Waals surface area contributed by atoms with E-state index in [1.165, 1.54) is 12.1 Å². The first kappa shape index (κ1) is 14.7. The highest BCUT2D eigenvalue weighted by Crippen LogP contribution is 2.22. The molecule has 0 spiro atoms. The van der Waals surface area contributed by atoms with E-state index in [0.717, 1.165) is 0 Å². The van der Waals surface area contributed by atoms with Crippen molar-refractivity contribution in [2.45, 2.75) is 19.9 Å². The number of aromatic amines is 1. The molecule has 0 bridgehead atoms. The summed E-state index contributed by atoms with van der Waals surface area (Å²) in [5.74, 6) is -0.745. The fraction of sp³-hybridized carbons (Fsp3) is 0.375. The van der Waals surface area contributed by atoms with Crippen LogP contribution in [0.1, 0.15) is 22.8 Å². The molecule has 5 nitrogen and oxygen atoms in total. The van der Waals surface area contributed by atoms with Crippen LogP contribution in [-0.4, -0.2) is 41.5 Å². The number of nitrogens with zero attached hydrogens (tertiary/aromatic N) is 1. The molecule has 1 amide bonds. The number of hydrogen-bond donors (Lipinski definition) is 2. The van der Waals surface area contributed by atoms with Crippen molar-refractivity contribution in [3.8, 4) is 0 Å². The number of fused-ring (bicyclic) bond motifs is 1. The number of pyridine rings is 1. The maximum Gasteiger partial charge on any atom is 0.254 e. The lowest BCUT2D eigenvalue weighted by molar-refractivity contribution is 0.0711. The third-order valence-electron chi connectivity index (χ3n) is 3.93. The predicted molar refractivity (Wildman–Crippen MR) is 82.6 cm³/mol. The van der Waals surface area contributed by atoms with Crippen molar-refractivity contribution in [1.29, 1.82) is 0 Å². The minimum Gasteiger partial charge on any atom is -0.336 e. The van der Waals surface area contributed by atoms with Crippen LogP contribution in [0.2, 0.25) is 0 Å². The fourth-order valence-electron chi connectivity index (χ4n) is 2.91. The van der Waals surface area contributed by atoms with Crippen LogP contribution in [0.4, 0.5) is 4.39 Å². The van der Waals surface area contributed by atoms with Crippen LogP contribution >= 0.6 is 0 Å². The van der Waals surface area contributed by atoms with E-state index >= 15 is 0 Å². The van der Waals surface area contributed by atoms with E-state index in [0.29, 0.717) is 30.6 Å². The molecule has 1 saturated heterocycles. The molecule has 6 heteroatoms. The molecule has 1 aliphatic rings. The van der Waals surface area contributed by atoms with Crippen LogP contribution in [0.15, 0.2) is 23.0 Å². The van der Waals surface area contributed by atoms with Gasteiger partial charge in [0, 0.05) is 37.1 Å². The molecule has 2 N–H and O–H groups in total. The van der Waals surface area contributed by atoms with Crippen LogP contribution < -0.4 is 10.9 Å². The maximum absolute atomic E-state index is 14.1. The molecule has 0 aliphatic carbocycles. The number of amides is 1. The molecule has 2 aromatic rings. The van der Waals surface area contributed by atoms with Gasteiger partial charge in [0.1, 0.15) is 5.82 Å². The molecule has 22 heavy (non-hydrogen) atoms. The Hall–Kier alpha value is -2.21. The van der Waals surface area contributed by atoms with Gasteiger partial charge in [-0.15, -0.1) is 0 Å². The SMILES string of the molecule is Cc1cc(F)c2[nH]c(=O)cc(C(=O)N3CCN[C@H](C)C3)c2c1. The van der Waals surface area contributed by atoms with Crippen molar-refractivity contribution in [3.05, 3.63) is 45.5 Å². The second kappa shape index (κ2) is 5.53. The number of benzene rings is 1. The second-order valence-corrected chi connectivity index (χ2v) is 5.82. The van der Waals surface area contributed by atoms with Gasteiger partial charge in [0.15, 0.2) is 0 Å². The Morgan fingerprint density at radius 3 is 2.86 bits per heavy atom. The van der Waals surface area contributed by atoms with Gasteiger partial charge in [-0.25, -0.2) is 4.39 Å². The zero-order valence-electron chi connectivity index (χ0n) is 12.6. The minimum absolute atomic E-state index is 0.0876. The van der Waals surface area contributed by atoms with Crippen LogP contribution in [0.25, 0.3) is 10.9 Å². The summed E-state index contributed by atoms with van der Waals surface area (Å²) in [6.45, 7) is 5.61. The highest BCUT2D eigenvalue weighted by Gasteiger charge is 2.24. The Bertz CT molecular complexity index is 800. The highest BCUT2D eigenvalue weighted by molar-refractivity contribution is 6.06. The van der Waals surface area contributed by atoms with Crippen molar-refractivity contribution in [1.82, 2.24) is 15.2 Å². The normalized spacial score (nSPS) is 18.7. The second-order valence-electron chi connectivity index (χ2n) is 5.82. The molecule has 1 aromatic carbocycles. The van der Waals surface area contributed by atoms with E-state index in [4.69, 9.17) is 0 Å². The third kappa shape index (κ3) is 2.62. The van der Waals surface area contributed by atoms with Gasteiger partial charge >= 0.3 is 0 Å². The quantitative estimate of drug-likeness (QED) is 0.837. The summed E-state index contributed by atoms with van der Waals surface area (Å²) >= 11 is 0. The molecule has 1 fully saturated rings. The van der Waals surface area contributed by atoms with Crippen LogP contribution in [0.5, 0.6) is 0 Å². The lowest BCUT2D eigenvalue weighted by Crippen LogP contribution is -2.51. The highest BCUT2D eigenvalue weighted by atomic mass is 19.1. The number of rotatable bonds is 1. The summed E-state index contributed by atoms with van der Waals surface area (Å²) in [7, 11) is 0. The molecule has 0 radical (unpaired) electrons. The Morgan fingerprint density at radius 2 is 2.14 bits per heavy atom. The Balaban J connectivity index is 2.13. The average molecular weight is 303 g/mol. The first-order valence-corrected chi connectivity index (χ1v) is 7.31. The standard InChI is InChI=1S/C16H18FN3O2/c1-9-5-11-12(7-14(21)19-15(11)13(17)6-9)16(22)20-4-3-18-10(2)8-20/h5-7,10,18H,3-4,8H2,1-2H3,(H,19,21)/t10-/m1/s1. The smallest absolute Gasteiger partial charge is 0.254 e. The van der Waals surface area contributed by atoms with Gasteiger partial charge in [0.2, 0.25) is 5.56 Å². The molecule has 3 rings (SSSR count). The van der Waals surface area contributed by atoms with Crippen LogP contribution in [0.3, 0.4) is 0 Å². The fourth-order valence-corrected chi connectivity index (χ4v) is 2.91. The van der Waals surface area contributed by atoms with E-state index in [2.05, 4.69) is 10.3 Å². The summed E-state index contributed by atoms with van der Waals surface area (Å²) in [6.07, 6.45) is 0. The third-order valence-corrected chi connectivity index (χ3v) is 3.93. The molecule has 1 aromatic heterocycles. The van der Waals surface area contributed by atoms with E-state index < -0.39 is 11.4 Å². The number of piperazine rings is 1. The Kier molecular flexibility index (Phi) is 3.70. The lowest BCUT2D eigenvalue weighted by atomic mass is 10.0. The Morgan fingerprint density at radius 1 is 1.36 bits per heavy atom. The lowest BCUT2D eigenvalue weighted by Gasteiger charge is -2.32. The van der Waals surface area contributed by atoms with Gasteiger partial charge in [0.25, 0.3) is 5.91 Å². The number of aromatic nitrogens is 1. The Labute approximate surface area is 127 Å². The molecule has 116 valence electrons. The largest absolute Gasteiger partial charge is 0.336 e. The molecular weight excluding hydrogens is 285 g/mol. The number of H-pyrrole nitrogens is 1. The number of carbonyl (C=O) groups is 1. The number of halogens is 1. The first-order valence-electron chi connectivity index (χ1n) is 7.31. The van der Waals surface area contributed by atoms with Gasteiger partial charge in [-0.05, 0) is 31.5 Å². The van der Waals surface area contributed by atoms with E-state index in [1.54, 1.807) is 17.9 Å². The van der Waals surface area contributed by atoms with E-state index in [1.807, 2.05) is 6.92 Å². The van der Waals surface area contributed by atoms with Crippen LogP contribution in [-0.2, 0) is 0 Å².